The molecule has 144 valence electrons. The molecule has 1 aliphatic carbocycles. The Morgan fingerprint density at radius 1 is 1.26 bits per heavy atom. The molecule has 7 nitrogen and oxygen atoms in total. The van der Waals surface area contributed by atoms with E-state index in [4.69, 9.17) is 4.74 Å². The van der Waals surface area contributed by atoms with Gasteiger partial charge in [0.05, 0.1) is 18.4 Å². The number of carboxylic acids is 1. The van der Waals surface area contributed by atoms with E-state index in [2.05, 4.69) is 4.98 Å². The van der Waals surface area contributed by atoms with E-state index < -0.39 is 23.2 Å². The van der Waals surface area contributed by atoms with Gasteiger partial charge in [0.25, 0.3) is 0 Å². The van der Waals surface area contributed by atoms with Gasteiger partial charge in [-0.25, -0.2) is 0 Å². The maximum absolute atomic E-state index is 13.1. The normalized spacial score (nSPS) is 20.4. The van der Waals surface area contributed by atoms with Gasteiger partial charge in [-0.2, -0.15) is 0 Å². The topological polar surface area (TPSA) is 99.7 Å². The Labute approximate surface area is 156 Å². The minimum atomic E-state index is -0.952. The number of hydrogen-bond acceptors (Lipinski definition) is 4. The molecule has 2 atom stereocenters. The lowest BCUT2D eigenvalue weighted by molar-refractivity contribution is -0.142. The average molecular weight is 372 g/mol. The largest absolute Gasteiger partial charge is 0.481 e. The van der Waals surface area contributed by atoms with Gasteiger partial charge in [0.2, 0.25) is 11.5 Å². The zero-order chi connectivity index (χ0) is 19.8. The van der Waals surface area contributed by atoms with Crippen molar-refractivity contribution in [3.8, 4) is 0 Å². The molecule has 2 N–H and O–H groups in total. The van der Waals surface area contributed by atoms with E-state index >= 15 is 0 Å². The molecule has 1 fully saturated rings. The second kappa shape index (κ2) is 7.15. The van der Waals surface area contributed by atoms with Crippen LogP contribution in [0.5, 0.6) is 0 Å². The van der Waals surface area contributed by atoms with Crippen LogP contribution in [0.3, 0.4) is 0 Å². The summed E-state index contributed by atoms with van der Waals surface area (Å²) in [5.74, 6) is -2.42. The van der Waals surface area contributed by atoms with Crippen LogP contribution in [0, 0.1) is 17.3 Å². The van der Waals surface area contributed by atoms with E-state index in [1.807, 2.05) is 24.3 Å². The fraction of sp³-hybridized carbons (Fsp3) is 0.450. The number of benzene rings is 1. The Bertz CT molecular complexity index is 933. The van der Waals surface area contributed by atoms with Crippen molar-refractivity contribution in [1.82, 2.24) is 9.88 Å². The predicted molar refractivity (Wildman–Crippen MR) is 100 cm³/mol. The summed E-state index contributed by atoms with van der Waals surface area (Å²) in [6, 6.07) is 8.89. The van der Waals surface area contributed by atoms with E-state index in [1.165, 1.54) is 6.07 Å². The number of fused-ring (bicyclic) bond motifs is 1. The van der Waals surface area contributed by atoms with Crippen molar-refractivity contribution in [1.29, 1.82) is 0 Å². The lowest BCUT2D eigenvalue weighted by atomic mass is 10.1. The Morgan fingerprint density at radius 3 is 2.59 bits per heavy atom. The zero-order valence-corrected chi connectivity index (χ0v) is 15.7. The highest BCUT2D eigenvalue weighted by molar-refractivity contribution is 5.92. The van der Waals surface area contributed by atoms with E-state index in [0.717, 1.165) is 10.9 Å². The number of nitrogens with one attached hydrogen (secondary N) is 1. The number of aromatic amines is 1. The van der Waals surface area contributed by atoms with Crippen molar-refractivity contribution in [2.75, 3.05) is 20.3 Å². The minimum absolute atomic E-state index is 0.214. The summed E-state index contributed by atoms with van der Waals surface area (Å²) in [6.45, 7) is 4.48. The van der Waals surface area contributed by atoms with Gasteiger partial charge in [0.15, 0.2) is 0 Å². The molecule has 1 amide bonds. The highest BCUT2D eigenvalue weighted by atomic mass is 16.5. The lowest BCUT2D eigenvalue weighted by Gasteiger charge is -2.24. The summed E-state index contributed by atoms with van der Waals surface area (Å²) < 4.78 is 5.12. The molecule has 2 aromatic rings. The molecular formula is C20H24N2O5. The molecule has 1 aromatic heterocycles. The van der Waals surface area contributed by atoms with Crippen LogP contribution in [0.25, 0.3) is 10.9 Å². The van der Waals surface area contributed by atoms with E-state index in [-0.39, 0.29) is 18.0 Å². The quantitative estimate of drug-likeness (QED) is 0.773. The van der Waals surface area contributed by atoms with Crippen molar-refractivity contribution in [3.63, 3.8) is 0 Å². The number of methoxy groups -OCH3 is 1. The Kier molecular flexibility index (Phi) is 5.06. The second-order valence-electron chi connectivity index (χ2n) is 7.57. The van der Waals surface area contributed by atoms with Gasteiger partial charge in [-0.3, -0.25) is 14.4 Å². The van der Waals surface area contributed by atoms with Crippen molar-refractivity contribution in [3.05, 3.63) is 46.2 Å². The van der Waals surface area contributed by atoms with Crippen LogP contribution in [0.1, 0.15) is 19.4 Å². The molecule has 7 heteroatoms. The van der Waals surface area contributed by atoms with Crippen LogP contribution >= 0.6 is 0 Å². The third-order valence-corrected chi connectivity index (χ3v) is 5.43. The average Bonchev–Trinajstić information content (AvgIpc) is 3.20. The number of pyridine rings is 1. The first-order valence-corrected chi connectivity index (χ1v) is 8.89. The van der Waals surface area contributed by atoms with Gasteiger partial charge in [-0.05, 0) is 17.0 Å². The number of para-hydroxylation sites is 1. The number of amides is 1. The number of carbonyl (C=O) groups is 2. The molecule has 1 saturated carbocycles. The highest BCUT2D eigenvalue weighted by Crippen LogP contribution is 2.59. The molecule has 0 bridgehead atoms. The van der Waals surface area contributed by atoms with Gasteiger partial charge < -0.3 is 19.7 Å². The first-order valence-electron chi connectivity index (χ1n) is 8.89. The number of nitrogens with zero attached hydrogens (tertiary/aromatic N) is 1. The Hall–Kier alpha value is -2.67. The SMILES string of the molecule is COCCN(Cc1cc(=O)[nH]c2ccccc12)C(=O)[C@@H]1[C@@H](C(=O)O)C1(C)C. The molecule has 0 aliphatic heterocycles. The van der Waals surface area contributed by atoms with Crippen LogP contribution in [0.2, 0.25) is 0 Å². The van der Waals surface area contributed by atoms with Crippen LogP contribution in [0.15, 0.2) is 35.1 Å². The van der Waals surface area contributed by atoms with Gasteiger partial charge in [0.1, 0.15) is 0 Å². The van der Waals surface area contributed by atoms with E-state index in [0.29, 0.717) is 18.7 Å². The predicted octanol–water partition coefficient (Wildman–Crippen LogP) is 1.86. The Balaban J connectivity index is 1.92. The van der Waals surface area contributed by atoms with Gasteiger partial charge in [-0.15, -0.1) is 0 Å². The first kappa shape index (κ1) is 19.1. The van der Waals surface area contributed by atoms with Gasteiger partial charge in [-0.1, -0.05) is 32.0 Å². The first-order chi connectivity index (χ1) is 12.8. The molecule has 0 unspecified atom stereocenters. The number of carbonyl (C=O) groups excluding carboxylic acids is 1. The molecule has 0 spiro atoms. The number of aliphatic carboxylic acids is 1. The third kappa shape index (κ3) is 3.60. The molecule has 27 heavy (non-hydrogen) atoms. The third-order valence-electron chi connectivity index (χ3n) is 5.43. The summed E-state index contributed by atoms with van der Waals surface area (Å²) >= 11 is 0. The van der Waals surface area contributed by atoms with Gasteiger partial charge >= 0.3 is 5.97 Å². The number of rotatable bonds is 7. The summed E-state index contributed by atoms with van der Waals surface area (Å²) in [5, 5.41) is 10.3. The number of H-pyrrole nitrogens is 1. The molecule has 0 radical (unpaired) electrons. The monoisotopic (exact) mass is 372 g/mol. The standard InChI is InChI=1S/C20H24N2O5/c1-20(2)16(17(20)19(25)26)18(24)22(8-9-27-3)11-12-10-15(23)21-14-7-5-4-6-13(12)14/h4-7,10,16-17H,8-9,11H2,1-3H3,(H,21,23)(H,25,26)/t16-,17-/m0/s1. The van der Waals surface area contributed by atoms with Gasteiger partial charge in [0, 0.05) is 37.2 Å². The van der Waals surface area contributed by atoms with Crippen molar-refractivity contribution in [2.45, 2.75) is 20.4 Å². The van der Waals surface area contributed by atoms with Crippen molar-refractivity contribution >= 4 is 22.8 Å². The number of aromatic nitrogens is 1. The number of carboxylic acid groups (broad SMARTS) is 1. The second-order valence-corrected chi connectivity index (χ2v) is 7.57. The molecule has 1 heterocycles. The fourth-order valence-corrected chi connectivity index (χ4v) is 3.84. The lowest BCUT2D eigenvalue weighted by Crippen LogP contribution is -2.36. The van der Waals surface area contributed by atoms with Crippen LogP contribution in [0.4, 0.5) is 0 Å². The molecule has 1 aromatic carbocycles. The molecule has 3 rings (SSSR count). The summed E-state index contributed by atoms with van der Waals surface area (Å²) in [4.78, 5) is 40.9. The van der Waals surface area contributed by atoms with E-state index in [9.17, 15) is 19.5 Å². The number of hydrogen-bond donors (Lipinski definition) is 2. The number of ether oxygens (including phenoxy) is 1. The van der Waals surface area contributed by atoms with Crippen LogP contribution in [-0.2, 0) is 20.9 Å². The fourth-order valence-electron chi connectivity index (χ4n) is 3.84. The Morgan fingerprint density at radius 2 is 1.96 bits per heavy atom. The zero-order valence-electron chi connectivity index (χ0n) is 15.7. The molecule has 1 aliphatic rings. The summed E-state index contributed by atoms with van der Waals surface area (Å²) in [7, 11) is 1.55. The van der Waals surface area contributed by atoms with E-state index in [1.54, 1.807) is 25.9 Å². The summed E-state index contributed by atoms with van der Waals surface area (Å²) in [5.41, 5.74) is 0.612. The van der Waals surface area contributed by atoms with Crippen molar-refractivity contribution < 1.29 is 19.4 Å². The van der Waals surface area contributed by atoms with Crippen LogP contribution < -0.4 is 5.56 Å². The maximum Gasteiger partial charge on any atom is 0.307 e. The maximum atomic E-state index is 13.1. The molecular weight excluding hydrogens is 348 g/mol. The highest BCUT2D eigenvalue weighted by Gasteiger charge is 2.66. The van der Waals surface area contributed by atoms with Crippen molar-refractivity contribution in [2.24, 2.45) is 17.3 Å². The summed E-state index contributed by atoms with van der Waals surface area (Å²) in [6.07, 6.45) is 0. The minimum Gasteiger partial charge on any atom is -0.481 e. The smallest absolute Gasteiger partial charge is 0.307 e. The van der Waals surface area contributed by atoms with Crippen LogP contribution in [-0.4, -0.2) is 47.1 Å². The molecule has 0 saturated heterocycles.